The Bertz CT molecular complexity index is 977. The van der Waals surface area contributed by atoms with Gasteiger partial charge in [-0.15, -0.1) is 0 Å². The van der Waals surface area contributed by atoms with Crippen LogP contribution < -0.4 is 56.6 Å². The summed E-state index contributed by atoms with van der Waals surface area (Å²) >= 11 is -0.0756. The summed E-state index contributed by atoms with van der Waals surface area (Å²) in [5.41, 5.74) is 0. The van der Waals surface area contributed by atoms with Crippen LogP contribution in [-0.4, -0.2) is 78.8 Å². The number of rotatable bonds is 19. The minimum atomic E-state index is -7.18. The van der Waals surface area contributed by atoms with Gasteiger partial charge in [0.25, 0.3) is 0 Å². The zero-order chi connectivity index (χ0) is 35.9. The molecule has 0 bridgehead atoms. The van der Waals surface area contributed by atoms with Crippen LogP contribution in [0.1, 0.15) is 32.1 Å². The van der Waals surface area contributed by atoms with E-state index in [4.69, 9.17) is 0 Å². The van der Waals surface area contributed by atoms with Gasteiger partial charge in [-0.2, -0.15) is 83.4 Å². The van der Waals surface area contributed by atoms with Crippen LogP contribution in [0.2, 0.25) is 0 Å². The van der Waals surface area contributed by atoms with Gasteiger partial charge in [-0.25, -0.2) is 0 Å². The molecule has 0 aromatic rings. The van der Waals surface area contributed by atoms with Crippen LogP contribution in [0.15, 0.2) is 0 Å². The molecule has 0 aliphatic carbocycles. The van der Waals surface area contributed by atoms with Crippen molar-refractivity contribution in [3.8, 4) is 0 Å². The maximum atomic E-state index is 13.5. The molecule has 0 heterocycles. The van der Waals surface area contributed by atoms with Gasteiger partial charge in [0.2, 0.25) is 0 Å². The molecule has 0 fully saturated rings. The summed E-state index contributed by atoms with van der Waals surface area (Å²) in [5, 5.41) is 12.7. The predicted molar refractivity (Wildman–Crippen MR) is 105 cm³/mol. The van der Waals surface area contributed by atoms with Gasteiger partial charge in [0.1, 0.15) is 0 Å². The number of ether oxygens (including phenoxy) is 2. The number of carbonyl (C=O) groups is 2. The maximum Gasteiger partial charge on any atom is 1.00 e. The van der Waals surface area contributed by atoms with Crippen molar-refractivity contribution in [3.63, 3.8) is 0 Å². The van der Waals surface area contributed by atoms with E-state index < -0.39 is 117 Å². The molecule has 0 saturated carbocycles. The molecule has 1 unspecified atom stereocenters. The van der Waals surface area contributed by atoms with E-state index in [1.807, 2.05) is 0 Å². The molecule has 0 aliphatic heterocycles. The van der Waals surface area contributed by atoms with Crippen molar-refractivity contribution in [1.82, 2.24) is 0 Å². The summed E-state index contributed by atoms with van der Waals surface area (Å²) < 4.78 is 243. The van der Waals surface area contributed by atoms with Crippen molar-refractivity contribution >= 4 is 24.0 Å². The summed E-state index contributed by atoms with van der Waals surface area (Å²) in [6, 6.07) is 0. The van der Waals surface area contributed by atoms with Gasteiger partial charge >= 0.3 is 111 Å². The molecule has 27 heteroatoms. The molecule has 0 radical (unpaired) electrons. The van der Waals surface area contributed by atoms with Gasteiger partial charge in [-0.1, -0.05) is 0 Å². The first kappa shape index (κ1) is 47.7. The van der Waals surface area contributed by atoms with Crippen LogP contribution >= 0.6 is 12.0 Å². The minimum absolute atomic E-state index is 0. The molecule has 0 aromatic heterocycles. The van der Waals surface area contributed by atoms with Crippen molar-refractivity contribution in [1.29, 1.82) is 0 Å². The number of carbonyl (C=O) groups excluding carboxylic acids is 2. The van der Waals surface area contributed by atoms with E-state index in [9.17, 15) is 93.9 Å². The van der Waals surface area contributed by atoms with E-state index in [1.165, 1.54) is 0 Å². The molecule has 46 heavy (non-hydrogen) atoms. The fraction of sp³-hybridized carbons (Fsp3) is 0.895. The average molecular weight is 770 g/mol. The number of alkyl halides is 18. The summed E-state index contributed by atoms with van der Waals surface area (Å²) in [7, 11) is 0. The molecule has 268 valence electrons. The number of hydrogen-bond acceptors (Lipinski definition) is 8. The van der Waals surface area contributed by atoms with Crippen LogP contribution in [0.25, 0.3) is 0 Å². The van der Waals surface area contributed by atoms with Gasteiger partial charge in [0.05, 0.1) is 25.6 Å². The molecule has 0 saturated heterocycles. The van der Waals surface area contributed by atoms with Crippen LogP contribution in [0.5, 0.6) is 0 Å². The first-order valence-corrected chi connectivity index (χ1v) is 12.2. The van der Waals surface area contributed by atoms with E-state index >= 15 is 0 Å². The number of hydrogen-bond donors (Lipinski definition) is 0. The van der Waals surface area contributed by atoms with Crippen LogP contribution in [-0.2, 0) is 28.4 Å². The minimum Gasteiger partial charge on any atom is -0.691 e. The Morgan fingerprint density at radius 2 is 0.978 bits per heavy atom. The SMILES string of the molecule is O=C(CC(CSOO[O-])C(=O)OCCCC(F)(F)C(F)(F)C(F)(F)C(F)(F)F)OCCCC(F)(F)C(F)(F)C(F)(F)C(F)(F)F.[K+]. The summed E-state index contributed by atoms with van der Waals surface area (Å²) in [6.07, 6.45) is -23.2. The van der Waals surface area contributed by atoms with Crippen LogP contribution in [0, 0.1) is 5.92 Å². The Hall–Kier alpha value is -0.454. The zero-order valence-electron chi connectivity index (χ0n) is 22.3. The van der Waals surface area contributed by atoms with Crippen LogP contribution in [0.3, 0.4) is 0 Å². The third-order valence-corrected chi connectivity index (χ3v) is 5.98. The predicted octanol–water partition coefficient (Wildman–Crippen LogP) is 3.45. The summed E-state index contributed by atoms with van der Waals surface area (Å²) in [6.45, 7) is -2.74. The summed E-state index contributed by atoms with van der Waals surface area (Å²) in [5.74, 6) is -46.4. The Kier molecular flexibility index (Phi) is 18.1. The van der Waals surface area contributed by atoms with Crippen molar-refractivity contribution < 1.29 is 164 Å². The molecule has 0 aliphatic rings. The zero-order valence-corrected chi connectivity index (χ0v) is 26.2. The maximum absolute atomic E-state index is 13.5. The molecular formula is C19H17F18KO7S. The first-order chi connectivity index (χ1) is 19.9. The molecule has 0 aromatic carbocycles. The van der Waals surface area contributed by atoms with Gasteiger partial charge in [-0.3, -0.25) is 14.6 Å². The quantitative estimate of drug-likeness (QED) is 0.0376. The molecule has 0 N–H and O–H groups in total. The smallest absolute Gasteiger partial charge is 0.691 e. The second kappa shape index (κ2) is 17.5. The number of esters is 2. The first-order valence-electron chi connectivity index (χ1n) is 11.3. The van der Waals surface area contributed by atoms with E-state index in [1.54, 1.807) is 0 Å². The van der Waals surface area contributed by atoms with Crippen molar-refractivity contribution in [2.45, 2.75) is 80.0 Å². The molecule has 0 amide bonds. The third-order valence-electron chi connectivity index (χ3n) is 5.29. The van der Waals surface area contributed by atoms with E-state index in [0.29, 0.717) is 0 Å². The number of halogens is 18. The van der Waals surface area contributed by atoms with Gasteiger partial charge in [0, 0.05) is 30.6 Å². The topological polar surface area (TPSA) is 94.1 Å². The third kappa shape index (κ3) is 11.6. The van der Waals surface area contributed by atoms with E-state index in [2.05, 4.69) is 18.8 Å². The van der Waals surface area contributed by atoms with E-state index in [0.717, 1.165) is 0 Å². The van der Waals surface area contributed by atoms with Crippen molar-refractivity contribution in [3.05, 3.63) is 0 Å². The Morgan fingerprint density at radius 3 is 1.33 bits per heavy atom. The average Bonchev–Trinajstić information content (AvgIpc) is 2.86. The van der Waals surface area contributed by atoms with Gasteiger partial charge in [0.15, 0.2) is 0 Å². The second-order valence-electron chi connectivity index (χ2n) is 8.62. The largest absolute Gasteiger partial charge is 1.00 e. The van der Waals surface area contributed by atoms with E-state index in [-0.39, 0.29) is 63.4 Å². The Balaban J connectivity index is 0. The fourth-order valence-electron chi connectivity index (χ4n) is 2.79. The molecular weight excluding hydrogens is 753 g/mol. The molecule has 7 nitrogen and oxygen atoms in total. The normalized spacial score (nSPS) is 14.8. The molecule has 1 atom stereocenters. The Labute approximate surface area is 291 Å². The fourth-order valence-corrected chi connectivity index (χ4v) is 3.31. The van der Waals surface area contributed by atoms with Gasteiger partial charge in [-0.05, 0) is 12.8 Å². The Morgan fingerprint density at radius 1 is 0.609 bits per heavy atom. The molecule has 0 rings (SSSR count). The van der Waals surface area contributed by atoms with Crippen LogP contribution in [0.4, 0.5) is 79.0 Å². The standard InChI is InChI=1S/C19H18F18O7S.K/c20-12(21,14(24,25)16(28,29)18(32,33)34)3-1-5-41-10(38)7-9(8-45-44-43-40)11(39)42-6-2-4-13(22,23)15(26,27)17(30,31)19(35,36)37;/h9,40H,1-8H2;/q;+1/p-1. The summed E-state index contributed by atoms with van der Waals surface area (Å²) in [4.78, 5) is 23.9. The van der Waals surface area contributed by atoms with Crippen molar-refractivity contribution in [2.24, 2.45) is 5.92 Å². The molecule has 0 spiro atoms. The van der Waals surface area contributed by atoms with Gasteiger partial charge < -0.3 is 14.7 Å². The monoisotopic (exact) mass is 770 g/mol. The second-order valence-corrected chi connectivity index (χ2v) is 9.32. The van der Waals surface area contributed by atoms with Crippen molar-refractivity contribution in [2.75, 3.05) is 19.0 Å².